The zero-order chi connectivity index (χ0) is 12.4. The van der Waals surface area contributed by atoms with E-state index in [0.717, 1.165) is 40.4 Å². The van der Waals surface area contributed by atoms with Crippen LogP contribution in [-0.4, -0.2) is 9.38 Å². The predicted octanol–water partition coefficient (Wildman–Crippen LogP) is 2.40. The third-order valence-corrected chi connectivity index (χ3v) is 3.77. The summed E-state index contributed by atoms with van der Waals surface area (Å²) < 4.78 is 10.4. The van der Waals surface area contributed by atoms with E-state index >= 15 is 0 Å². The van der Waals surface area contributed by atoms with Gasteiger partial charge in [0.1, 0.15) is 11.3 Å². The van der Waals surface area contributed by atoms with E-state index in [1.165, 1.54) is 0 Å². The molecule has 4 aromatic heterocycles. The fourth-order valence-corrected chi connectivity index (χ4v) is 2.90. The van der Waals surface area contributed by atoms with Crippen molar-refractivity contribution in [3.05, 3.63) is 54.5 Å². The molecule has 19 heavy (non-hydrogen) atoms. The average molecular weight is 248 g/mol. The normalized spacial score (nSPS) is 13.1. The molecule has 0 atom stereocenters. The molecule has 0 amide bonds. The van der Waals surface area contributed by atoms with Gasteiger partial charge in [-0.2, -0.15) is 0 Å². The maximum absolute atomic E-state index is 6.08. The second-order valence-electron chi connectivity index (χ2n) is 4.82. The molecule has 0 radical (unpaired) electrons. The van der Waals surface area contributed by atoms with Crippen LogP contribution in [0.1, 0.15) is 5.69 Å². The monoisotopic (exact) mass is 248 g/mol. The summed E-state index contributed by atoms with van der Waals surface area (Å²) in [5.74, 6) is 0.909. The number of aromatic nitrogens is 3. The lowest BCUT2D eigenvalue weighted by molar-refractivity contribution is -0.649. The van der Waals surface area contributed by atoms with Crippen LogP contribution >= 0.6 is 0 Å². The maximum atomic E-state index is 6.08. The first kappa shape index (κ1) is 9.33. The van der Waals surface area contributed by atoms with Crippen molar-refractivity contribution in [1.29, 1.82) is 0 Å². The molecule has 0 saturated heterocycles. The standard InChI is InChI=1S/C15H10N3O/c1-2-7-17-10(4-1)8-13-15(17)19-14-11-5-3-6-16-12(11)9-18(13)14/h1-8H,9H2/q+1. The summed E-state index contributed by atoms with van der Waals surface area (Å²) in [6.45, 7) is 0.787. The minimum Gasteiger partial charge on any atom is -0.380 e. The van der Waals surface area contributed by atoms with Gasteiger partial charge >= 0.3 is 5.89 Å². The van der Waals surface area contributed by atoms with E-state index in [4.69, 9.17) is 4.42 Å². The molecular weight excluding hydrogens is 238 g/mol. The quantitative estimate of drug-likeness (QED) is 0.394. The van der Waals surface area contributed by atoms with Crippen LogP contribution in [0, 0.1) is 0 Å². The van der Waals surface area contributed by atoms with Gasteiger partial charge in [-0.25, -0.2) is 0 Å². The first-order valence-corrected chi connectivity index (χ1v) is 6.28. The van der Waals surface area contributed by atoms with E-state index in [9.17, 15) is 0 Å². The molecule has 5 heterocycles. The Labute approximate surface area is 108 Å². The number of oxazole rings is 1. The van der Waals surface area contributed by atoms with Crippen LogP contribution in [0.2, 0.25) is 0 Å². The molecule has 0 fully saturated rings. The molecule has 4 aromatic rings. The lowest BCUT2D eigenvalue weighted by Gasteiger charge is -1.91. The Kier molecular flexibility index (Phi) is 1.49. The fraction of sp³-hybridized carbons (Fsp3) is 0.0667. The molecular formula is C15H10N3O+. The number of hydrogen-bond donors (Lipinski definition) is 0. The van der Waals surface area contributed by atoms with Crippen LogP contribution < -0.4 is 4.57 Å². The van der Waals surface area contributed by atoms with Gasteiger partial charge in [-0.3, -0.25) is 9.38 Å². The van der Waals surface area contributed by atoms with Crippen LogP contribution in [0.5, 0.6) is 0 Å². The highest BCUT2D eigenvalue weighted by Gasteiger charge is 2.35. The molecule has 4 heteroatoms. The Bertz CT molecular complexity index is 949. The summed E-state index contributed by atoms with van der Waals surface area (Å²) in [4.78, 5) is 4.42. The van der Waals surface area contributed by atoms with E-state index in [-0.39, 0.29) is 0 Å². The second-order valence-corrected chi connectivity index (χ2v) is 4.82. The fourth-order valence-electron chi connectivity index (χ4n) is 2.90. The SMILES string of the molecule is c1cnc2c(c1)-c1oc3c(cc4ccccn43)[n+]1C2. The molecule has 5 rings (SSSR count). The van der Waals surface area contributed by atoms with E-state index in [1.807, 2.05) is 30.6 Å². The Balaban J connectivity index is 1.93. The summed E-state index contributed by atoms with van der Waals surface area (Å²) in [6, 6.07) is 12.3. The van der Waals surface area contributed by atoms with Crippen molar-refractivity contribution in [3.63, 3.8) is 0 Å². The van der Waals surface area contributed by atoms with E-state index < -0.39 is 0 Å². The molecule has 90 valence electrons. The summed E-state index contributed by atoms with van der Waals surface area (Å²) in [6.07, 6.45) is 3.86. The second kappa shape index (κ2) is 3.03. The van der Waals surface area contributed by atoms with Crippen LogP contribution in [0.15, 0.2) is 53.2 Å². The van der Waals surface area contributed by atoms with Gasteiger partial charge in [0, 0.05) is 18.5 Å². The molecule has 0 saturated carbocycles. The molecule has 0 spiro atoms. The van der Waals surface area contributed by atoms with Crippen molar-refractivity contribution in [3.8, 4) is 11.5 Å². The minimum atomic E-state index is 0.787. The maximum Gasteiger partial charge on any atom is 0.385 e. The number of fused-ring (bicyclic) bond motifs is 7. The first-order valence-electron chi connectivity index (χ1n) is 6.28. The third-order valence-electron chi connectivity index (χ3n) is 3.77. The van der Waals surface area contributed by atoms with Gasteiger partial charge < -0.3 is 4.42 Å². The summed E-state index contributed by atoms with van der Waals surface area (Å²) in [5, 5.41) is 0. The highest BCUT2D eigenvalue weighted by molar-refractivity contribution is 5.79. The first-order chi connectivity index (χ1) is 9.42. The zero-order valence-corrected chi connectivity index (χ0v) is 10.1. The van der Waals surface area contributed by atoms with Crippen LogP contribution in [0.4, 0.5) is 0 Å². The van der Waals surface area contributed by atoms with Crippen molar-refractivity contribution in [2.24, 2.45) is 0 Å². The van der Waals surface area contributed by atoms with Gasteiger partial charge in [0.25, 0.3) is 11.2 Å². The van der Waals surface area contributed by atoms with Gasteiger partial charge in [-0.05, 0) is 24.3 Å². The van der Waals surface area contributed by atoms with Crippen molar-refractivity contribution in [2.75, 3.05) is 0 Å². The number of nitrogens with zero attached hydrogens (tertiary/aromatic N) is 3. The van der Waals surface area contributed by atoms with Crippen molar-refractivity contribution < 1.29 is 8.98 Å². The van der Waals surface area contributed by atoms with Gasteiger partial charge in [0.15, 0.2) is 6.54 Å². The lowest BCUT2D eigenvalue weighted by Crippen LogP contribution is -2.30. The van der Waals surface area contributed by atoms with E-state index in [2.05, 4.69) is 32.2 Å². The Hall–Kier alpha value is -2.62. The molecule has 1 aliphatic heterocycles. The molecule has 4 nitrogen and oxygen atoms in total. The zero-order valence-electron chi connectivity index (χ0n) is 10.1. The Morgan fingerprint density at radius 1 is 1.21 bits per heavy atom. The summed E-state index contributed by atoms with van der Waals surface area (Å²) in [7, 11) is 0. The summed E-state index contributed by atoms with van der Waals surface area (Å²) >= 11 is 0. The van der Waals surface area contributed by atoms with Crippen LogP contribution in [0.25, 0.3) is 28.2 Å². The smallest absolute Gasteiger partial charge is 0.380 e. The van der Waals surface area contributed by atoms with Crippen LogP contribution in [-0.2, 0) is 6.54 Å². The van der Waals surface area contributed by atoms with Crippen molar-refractivity contribution in [1.82, 2.24) is 9.38 Å². The Morgan fingerprint density at radius 3 is 3.21 bits per heavy atom. The number of hydrogen-bond acceptors (Lipinski definition) is 2. The van der Waals surface area contributed by atoms with Crippen LogP contribution in [0.3, 0.4) is 0 Å². The third kappa shape index (κ3) is 1.04. The van der Waals surface area contributed by atoms with Crippen molar-refractivity contribution in [2.45, 2.75) is 6.54 Å². The van der Waals surface area contributed by atoms with Gasteiger partial charge in [0.2, 0.25) is 0 Å². The van der Waals surface area contributed by atoms with E-state index in [1.54, 1.807) is 0 Å². The number of pyridine rings is 2. The Morgan fingerprint density at radius 2 is 2.21 bits per heavy atom. The van der Waals surface area contributed by atoms with Gasteiger partial charge in [0.05, 0.1) is 5.52 Å². The lowest BCUT2D eigenvalue weighted by atomic mass is 10.2. The van der Waals surface area contributed by atoms with Gasteiger partial charge in [-0.1, -0.05) is 6.07 Å². The van der Waals surface area contributed by atoms with E-state index in [0.29, 0.717) is 0 Å². The molecule has 1 aliphatic rings. The van der Waals surface area contributed by atoms with Gasteiger partial charge in [-0.15, -0.1) is 4.57 Å². The minimum absolute atomic E-state index is 0.787. The largest absolute Gasteiger partial charge is 0.385 e. The summed E-state index contributed by atoms with van der Waals surface area (Å²) in [5.41, 5.74) is 5.36. The average Bonchev–Trinajstić information content (AvgIpc) is 3.07. The highest BCUT2D eigenvalue weighted by Crippen LogP contribution is 2.31. The molecule has 0 aromatic carbocycles. The van der Waals surface area contributed by atoms with Crippen molar-refractivity contribution >= 4 is 16.7 Å². The predicted molar refractivity (Wildman–Crippen MR) is 69.7 cm³/mol. The molecule has 0 unspecified atom stereocenters. The topological polar surface area (TPSA) is 34.3 Å². The molecule has 0 aliphatic carbocycles. The molecule has 0 bridgehead atoms. The number of rotatable bonds is 0. The highest BCUT2D eigenvalue weighted by atomic mass is 16.4. The molecule has 0 N–H and O–H groups in total.